The maximum atomic E-state index is 14.2. The lowest BCUT2D eigenvalue weighted by Crippen LogP contribution is -2.46. The monoisotopic (exact) mass is 646 g/mol. The van der Waals surface area contributed by atoms with Crippen LogP contribution in [-0.2, 0) is 14.2 Å². The van der Waals surface area contributed by atoms with Crippen LogP contribution in [0.5, 0.6) is 5.75 Å². The Morgan fingerprint density at radius 1 is 0.938 bits per heavy atom. The first-order chi connectivity index (χ1) is 23.2. The first-order valence-corrected chi connectivity index (χ1v) is 17.5. The van der Waals surface area contributed by atoms with Crippen LogP contribution in [0.3, 0.4) is 0 Å². The average molecular weight is 647 g/mol. The van der Waals surface area contributed by atoms with Crippen molar-refractivity contribution in [1.29, 1.82) is 0 Å². The van der Waals surface area contributed by atoms with Crippen LogP contribution >= 0.6 is 0 Å². The Balaban J connectivity index is 1.25. The molecule has 2 fully saturated rings. The zero-order chi connectivity index (χ0) is 33.9. The molecule has 0 aromatic heterocycles. The lowest BCUT2D eigenvalue weighted by Gasteiger charge is -2.43. The second kappa shape index (κ2) is 14.5. The summed E-state index contributed by atoms with van der Waals surface area (Å²) in [5.41, 5.74) is 8.84. The van der Waals surface area contributed by atoms with Gasteiger partial charge in [-0.25, -0.2) is 0 Å². The van der Waals surface area contributed by atoms with Gasteiger partial charge >= 0.3 is 7.12 Å². The molecule has 0 unspecified atom stereocenters. The number of allylic oxidation sites excluding steroid dienone is 2. The molecule has 3 aromatic rings. The fourth-order valence-electron chi connectivity index (χ4n) is 8.15. The van der Waals surface area contributed by atoms with Crippen LogP contribution in [0, 0.1) is 31.6 Å². The normalized spacial score (nSPS) is 22.6. The molecule has 0 bridgehead atoms. The van der Waals surface area contributed by atoms with Crippen LogP contribution in [-0.4, -0.2) is 35.2 Å². The molecule has 1 aliphatic carbocycles. The summed E-state index contributed by atoms with van der Waals surface area (Å²) in [6, 6.07) is 21.4. The molecule has 250 valence electrons. The van der Waals surface area contributed by atoms with Crippen molar-refractivity contribution in [3.63, 3.8) is 0 Å². The Morgan fingerprint density at radius 2 is 1.62 bits per heavy atom. The number of para-hydroxylation sites is 1. The number of aryl methyl sites for hydroxylation is 2. The molecule has 0 saturated carbocycles. The van der Waals surface area contributed by atoms with Crippen molar-refractivity contribution in [3.05, 3.63) is 100 Å². The number of phenols is 1. The van der Waals surface area contributed by atoms with Gasteiger partial charge in [-0.1, -0.05) is 62.1 Å². The molecule has 7 nitrogen and oxygen atoms in total. The number of benzene rings is 3. The molecule has 3 aromatic carbocycles. The summed E-state index contributed by atoms with van der Waals surface area (Å²) >= 11 is 0. The summed E-state index contributed by atoms with van der Waals surface area (Å²) in [7, 11) is -0.994. The van der Waals surface area contributed by atoms with Gasteiger partial charge in [0.25, 0.3) is 0 Å². The van der Waals surface area contributed by atoms with Crippen molar-refractivity contribution >= 4 is 42.1 Å². The Kier molecular flexibility index (Phi) is 10.2. The van der Waals surface area contributed by atoms with Crippen molar-refractivity contribution in [1.82, 2.24) is 0 Å². The van der Waals surface area contributed by atoms with Crippen molar-refractivity contribution in [3.8, 4) is 5.75 Å². The predicted octanol–water partition coefficient (Wildman–Crippen LogP) is 8.52. The molecule has 4 atom stereocenters. The second-order valence-corrected chi connectivity index (χ2v) is 13.7. The van der Waals surface area contributed by atoms with E-state index in [-0.39, 0.29) is 23.8 Å². The van der Waals surface area contributed by atoms with Crippen molar-refractivity contribution < 1.29 is 24.4 Å². The van der Waals surface area contributed by atoms with Gasteiger partial charge in [0.1, 0.15) is 5.75 Å². The van der Waals surface area contributed by atoms with E-state index in [0.29, 0.717) is 30.6 Å². The van der Waals surface area contributed by atoms with Gasteiger partial charge in [-0.15, -0.1) is 0 Å². The van der Waals surface area contributed by atoms with E-state index in [4.69, 9.17) is 4.65 Å². The SMILES string of the molecule is CCCC1=C2[C@@H](CC/C(=C/c3cc(C)c(O)c(C)c3)CCC)OB(O)C[C@@H]2[C@@H]2C(=O)N(c3ccc(Nc4ccccc4)cc3)C(=O)[C@@H]2C1. The molecular weight excluding hydrogens is 599 g/mol. The van der Waals surface area contributed by atoms with E-state index in [1.54, 1.807) is 0 Å². The van der Waals surface area contributed by atoms with Crippen molar-refractivity contribution in [2.75, 3.05) is 10.2 Å². The number of carbonyl (C=O) groups excluding carboxylic acids is 2. The highest BCUT2D eigenvalue weighted by molar-refractivity contribution is 6.43. The summed E-state index contributed by atoms with van der Waals surface area (Å²) in [6.45, 7) is 8.15. The number of fused-ring (bicyclic) bond motifs is 3. The number of amides is 2. The highest BCUT2D eigenvalue weighted by Gasteiger charge is 2.57. The summed E-state index contributed by atoms with van der Waals surface area (Å²) in [4.78, 5) is 29.6. The molecule has 48 heavy (non-hydrogen) atoms. The summed E-state index contributed by atoms with van der Waals surface area (Å²) in [5, 5.41) is 24.7. The lowest BCUT2D eigenvalue weighted by atomic mass is 9.58. The van der Waals surface area contributed by atoms with Gasteiger partial charge in [-0.3, -0.25) is 14.5 Å². The molecule has 2 aliphatic heterocycles. The standard InChI is InChI=1S/C40H47BN2O5/c1-5-10-27(22-28-20-25(3)38(44)26(4)21-28)14-19-35-36-29(11-6-2)23-33-37(34(36)24-41(47)48-35)40(46)43(39(33)45)32-17-15-31(16-18-32)42-30-12-8-7-9-13-30/h7-9,12-13,15-18,20-22,33-35,37,42,44,47H,5-6,10-11,14,19,23-24H2,1-4H3/b27-22+/t33-,34+,35-,37-/m1/s1. The average Bonchev–Trinajstić information content (AvgIpc) is 3.32. The minimum absolute atomic E-state index is 0.147. The maximum absolute atomic E-state index is 14.2. The largest absolute Gasteiger partial charge is 0.507 e. The number of hydrogen-bond donors (Lipinski definition) is 3. The van der Waals surface area contributed by atoms with E-state index in [9.17, 15) is 19.7 Å². The first-order valence-electron chi connectivity index (χ1n) is 17.5. The fourth-order valence-corrected chi connectivity index (χ4v) is 8.15. The van der Waals surface area contributed by atoms with E-state index < -0.39 is 19.0 Å². The van der Waals surface area contributed by atoms with Crippen LogP contribution in [0.4, 0.5) is 17.1 Å². The number of aromatic hydroxyl groups is 1. The van der Waals surface area contributed by atoms with E-state index in [1.807, 2.05) is 80.6 Å². The van der Waals surface area contributed by atoms with Crippen LogP contribution in [0.25, 0.3) is 6.08 Å². The number of imide groups is 1. The fraction of sp³-hybridized carbons (Fsp3) is 0.400. The number of hydrogen-bond acceptors (Lipinski definition) is 6. The molecule has 0 radical (unpaired) electrons. The summed E-state index contributed by atoms with van der Waals surface area (Å²) in [6.07, 6.45) is 7.96. The third kappa shape index (κ3) is 6.87. The molecule has 2 heterocycles. The Morgan fingerprint density at radius 3 is 2.29 bits per heavy atom. The summed E-state index contributed by atoms with van der Waals surface area (Å²) < 4.78 is 6.27. The maximum Gasteiger partial charge on any atom is 0.455 e. The topological polar surface area (TPSA) is 99.1 Å². The predicted molar refractivity (Wildman–Crippen MR) is 193 cm³/mol. The number of carbonyl (C=O) groups is 2. The lowest BCUT2D eigenvalue weighted by molar-refractivity contribution is -0.122. The van der Waals surface area contributed by atoms with Crippen LogP contribution < -0.4 is 10.2 Å². The first kappa shape index (κ1) is 33.8. The molecule has 0 spiro atoms. The van der Waals surface area contributed by atoms with Crippen molar-refractivity contribution in [2.24, 2.45) is 17.8 Å². The second-order valence-electron chi connectivity index (χ2n) is 13.7. The van der Waals surface area contributed by atoms with Crippen LogP contribution in [0.15, 0.2) is 83.4 Å². The third-order valence-corrected chi connectivity index (χ3v) is 10.2. The quantitative estimate of drug-likeness (QED) is 0.110. The third-order valence-electron chi connectivity index (χ3n) is 10.2. The van der Waals surface area contributed by atoms with Crippen LogP contribution in [0.1, 0.15) is 75.5 Å². The van der Waals surface area contributed by atoms with Gasteiger partial charge < -0.3 is 20.1 Å². The molecular formula is C40H47BN2O5. The number of nitrogens with one attached hydrogen (secondary N) is 1. The molecule has 2 saturated heterocycles. The van der Waals surface area contributed by atoms with Gasteiger partial charge in [-0.2, -0.15) is 0 Å². The molecule has 2 amide bonds. The molecule has 8 heteroatoms. The van der Waals surface area contributed by atoms with E-state index in [2.05, 4.69) is 25.2 Å². The van der Waals surface area contributed by atoms with E-state index in [1.165, 1.54) is 16.0 Å². The van der Waals surface area contributed by atoms with Crippen molar-refractivity contribution in [2.45, 2.75) is 85.1 Å². The Hall–Kier alpha value is -4.14. The van der Waals surface area contributed by atoms with Gasteiger partial charge in [0.2, 0.25) is 11.8 Å². The van der Waals surface area contributed by atoms with Gasteiger partial charge in [0.15, 0.2) is 0 Å². The molecule has 3 N–H and O–H groups in total. The number of anilines is 3. The molecule has 3 aliphatic rings. The van der Waals surface area contributed by atoms with Gasteiger partial charge in [-0.05, 0) is 129 Å². The molecule has 6 rings (SSSR count). The zero-order valence-electron chi connectivity index (χ0n) is 28.5. The highest BCUT2D eigenvalue weighted by Crippen LogP contribution is 2.52. The minimum Gasteiger partial charge on any atom is -0.507 e. The summed E-state index contributed by atoms with van der Waals surface area (Å²) in [5.74, 6) is -1.17. The smallest absolute Gasteiger partial charge is 0.455 e. The number of nitrogens with zero attached hydrogens (tertiary/aromatic N) is 1. The number of rotatable bonds is 11. The minimum atomic E-state index is -0.994. The number of phenolic OH excluding ortho intramolecular Hbond substituents is 1. The van der Waals surface area contributed by atoms with E-state index >= 15 is 0 Å². The van der Waals surface area contributed by atoms with E-state index in [0.717, 1.165) is 65.7 Å². The van der Waals surface area contributed by atoms with Gasteiger partial charge in [0, 0.05) is 11.4 Å². The Labute approximate surface area is 284 Å². The highest BCUT2D eigenvalue weighted by atomic mass is 16.5. The Bertz CT molecular complexity index is 1690. The van der Waals surface area contributed by atoms with Crippen LogP contribution in [0.2, 0.25) is 6.32 Å². The zero-order valence-corrected chi connectivity index (χ0v) is 28.5. The van der Waals surface area contributed by atoms with Gasteiger partial charge in [0.05, 0.1) is 23.6 Å².